The van der Waals surface area contributed by atoms with Crippen molar-refractivity contribution in [3.05, 3.63) is 50.9 Å². The van der Waals surface area contributed by atoms with Crippen LogP contribution in [0.15, 0.2) is 35.3 Å². The van der Waals surface area contributed by atoms with Crippen LogP contribution in [0.25, 0.3) is 5.69 Å². The zero-order valence-electron chi connectivity index (χ0n) is 9.47. The minimum atomic E-state index is -0.450. The first-order valence-electron chi connectivity index (χ1n) is 5.03. The van der Waals surface area contributed by atoms with Crippen molar-refractivity contribution in [2.24, 2.45) is 5.84 Å². The molecular weight excluding hydrogens is 275 g/mol. The summed E-state index contributed by atoms with van der Waals surface area (Å²) in [6.45, 7) is 0. The van der Waals surface area contributed by atoms with Crippen LogP contribution in [0, 0.1) is 0 Å². The molecule has 18 heavy (non-hydrogen) atoms. The number of nitrogens with zero attached hydrogens (tertiary/aromatic N) is 3. The summed E-state index contributed by atoms with van der Waals surface area (Å²) in [5.74, 6) is 5.54. The Morgan fingerprint density at radius 1 is 1.39 bits per heavy atom. The smallest absolute Gasteiger partial charge is 0.292 e. The van der Waals surface area contributed by atoms with Gasteiger partial charge in [-0.15, -0.1) is 0 Å². The highest BCUT2D eigenvalue weighted by Crippen LogP contribution is 2.19. The van der Waals surface area contributed by atoms with Gasteiger partial charge in [0.05, 0.1) is 17.6 Å². The first-order valence-corrected chi connectivity index (χ1v) is 5.78. The number of hydrogen-bond acceptors (Lipinski definition) is 4. The Balaban J connectivity index is 2.61. The van der Waals surface area contributed by atoms with Crippen LogP contribution in [-0.2, 0) is 0 Å². The van der Waals surface area contributed by atoms with Crippen LogP contribution in [0.1, 0.15) is 0 Å². The van der Waals surface area contributed by atoms with E-state index in [0.29, 0.717) is 16.4 Å². The lowest BCUT2D eigenvalue weighted by Crippen LogP contribution is -2.30. The van der Waals surface area contributed by atoms with Gasteiger partial charge in [0.2, 0.25) is 0 Å². The molecule has 0 amide bonds. The molecule has 0 aliphatic rings. The van der Waals surface area contributed by atoms with Crippen molar-refractivity contribution in [3.8, 4) is 5.69 Å². The van der Waals surface area contributed by atoms with Gasteiger partial charge in [0, 0.05) is 12.1 Å². The van der Waals surface area contributed by atoms with Crippen molar-refractivity contribution in [1.82, 2.24) is 9.78 Å². The van der Waals surface area contributed by atoms with Crippen molar-refractivity contribution in [2.75, 3.05) is 12.1 Å². The lowest BCUT2D eigenvalue weighted by atomic mass is 10.3. The van der Waals surface area contributed by atoms with Gasteiger partial charge in [-0.3, -0.25) is 4.79 Å². The molecule has 0 aliphatic heterocycles. The molecule has 94 valence electrons. The fourth-order valence-corrected chi connectivity index (χ4v) is 1.91. The van der Waals surface area contributed by atoms with Crippen molar-refractivity contribution in [3.63, 3.8) is 0 Å². The van der Waals surface area contributed by atoms with Crippen LogP contribution >= 0.6 is 23.2 Å². The fraction of sp³-hybridized carbons (Fsp3) is 0.0909. The van der Waals surface area contributed by atoms with Crippen molar-refractivity contribution in [1.29, 1.82) is 0 Å². The number of halogens is 2. The number of rotatable bonds is 2. The Morgan fingerprint density at radius 3 is 2.72 bits per heavy atom. The summed E-state index contributed by atoms with van der Waals surface area (Å²) in [6, 6.07) is 6.77. The van der Waals surface area contributed by atoms with Gasteiger partial charge in [-0.05, 0) is 18.2 Å². The topological polar surface area (TPSA) is 64.2 Å². The number of hydrogen-bond donors (Lipinski definition) is 1. The minimum Gasteiger partial charge on any atom is -0.311 e. The van der Waals surface area contributed by atoms with Gasteiger partial charge >= 0.3 is 0 Å². The number of benzene rings is 1. The maximum Gasteiger partial charge on any atom is 0.292 e. The Bertz CT molecular complexity index is 639. The monoisotopic (exact) mass is 284 g/mol. The molecule has 0 atom stereocenters. The SMILES string of the molecule is CN(N)c1cnn(-c2cccc(Cl)c2)c(=O)c1Cl. The molecule has 5 nitrogen and oxygen atoms in total. The van der Waals surface area contributed by atoms with Crippen LogP contribution in [0.4, 0.5) is 5.69 Å². The van der Waals surface area contributed by atoms with E-state index in [2.05, 4.69) is 5.10 Å². The average Bonchev–Trinajstić information content (AvgIpc) is 2.32. The summed E-state index contributed by atoms with van der Waals surface area (Å²) in [5, 5.41) is 5.77. The number of aromatic nitrogens is 2. The normalized spacial score (nSPS) is 10.4. The number of nitrogens with two attached hydrogens (primary N) is 1. The Hall–Kier alpha value is -1.56. The van der Waals surface area contributed by atoms with Gasteiger partial charge in [0.15, 0.2) is 0 Å². The van der Waals surface area contributed by atoms with Crippen molar-refractivity contribution >= 4 is 28.9 Å². The average molecular weight is 285 g/mol. The maximum absolute atomic E-state index is 12.0. The van der Waals surface area contributed by atoms with Crippen LogP contribution in [0.5, 0.6) is 0 Å². The molecule has 0 unspecified atom stereocenters. The standard InChI is InChI=1S/C11H10Cl2N4O/c1-16(14)9-6-15-17(11(18)10(9)13)8-4-2-3-7(12)5-8/h2-6H,14H2,1H3. The molecule has 2 N–H and O–H groups in total. The molecule has 0 saturated heterocycles. The maximum atomic E-state index is 12.0. The highest BCUT2D eigenvalue weighted by molar-refractivity contribution is 6.33. The molecule has 0 aliphatic carbocycles. The lowest BCUT2D eigenvalue weighted by molar-refractivity contribution is 0.800. The summed E-state index contributed by atoms with van der Waals surface area (Å²) in [7, 11) is 1.58. The molecule has 1 aromatic heterocycles. The Kier molecular flexibility index (Phi) is 3.56. The second-order valence-corrected chi connectivity index (χ2v) is 4.47. The van der Waals surface area contributed by atoms with Gasteiger partial charge in [0.1, 0.15) is 5.02 Å². The van der Waals surface area contributed by atoms with E-state index < -0.39 is 5.56 Å². The molecule has 0 saturated carbocycles. The summed E-state index contributed by atoms with van der Waals surface area (Å²) in [6.07, 6.45) is 1.42. The number of anilines is 1. The van der Waals surface area contributed by atoms with Gasteiger partial charge in [-0.25, -0.2) is 5.84 Å². The largest absolute Gasteiger partial charge is 0.311 e. The van der Waals surface area contributed by atoms with E-state index in [1.807, 2.05) is 0 Å². The third-order valence-corrected chi connectivity index (χ3v) is 2.92. The first-order chi connectivity index (χ1) is 8.50. The van der Waals surface area contributed by atoms with E-state index in [9.17, 15) is 4.79 Å². The van der Waals surface area contributed by atoms with Gasteiger partial charge in [-0.2, -0.15) is 9.78 Å². The van der Waals surface area contributed by atoms with Crippen molar-refractivity contribution in [2.45, 2.75) is 0 Å². The number of hydrazine groups is 1. The molecule has 0 spiro atoms. The highest BCUT2D eigenvalue weighted by Gasteiger charge is 2.12. The summed E-state index contributed by atoms with van der Waals surface area (Å²) in [5.41, 5.74) is 0.453. The Morgan fingerprint density at radius 2 is 2.11 bits per heavy atom. The van der Waals surface area contributed by atoms with Crippen LogP contribution < -0.4 is 16.4 Å². The fourth-order valence-electron chi connectivity index (χ4n) is 1.46. The molecule has 0 radical (unpaired) electrons. The van der Waals surface area contributed by atoms with E-state index >= 15 is 0 Å². The van der Waals surface area contributed by atoms with E-state index in [4.69, 9.17) is 29.0 Å². The van der Waals surface area contributed by atoms with Gasteiger partial charge < -0.3 is 5.01 Å². The van der Waals surface area contributed by atoms with E-state index in [0.717, 1.165) is 0 Å². The molecule has 1 heterocycles. The zero-order valence-corrected chi connectivity index (χ0v) is 11.0. The second kappa shape index (κ2) is 4.97. The molecule has 2 aromatic rings. The van der Waals surface area contributed by atoms with Gasteiger partial charge in [0.25, 0.3) is 5.56 Å². The van der Waals surface area contributed by atoms with Crippen LogP contribution in [0.2, 0.25) is 10.0 Å². The van der Waals surface area contributed by atoms with Crippen LogP contribution in [0.3, 0.4) is 0 Å². The third kappa shape index (κ3) is 2.33. The molecule has 7 heteroatoms. The minimum absolute atomic E-state index is 0.00924. The van der Waals surface area contributed by atoms with Gasteiger partial charge in [-0.1, -0.05) is 29.3 Å². The van der Waals surface area contributed by atoms with Crippen molar-refractivity contribution < 1.29 is 0 Å². The lowest BCUT2D eigenvalue weighted by Gasteiger charge is -2.14. The molecule has 0 bridgehead atoms. The van der Waals surface area contributed by atoms with Crippen LogP contribution in [-0.4, -0.2) is 16.8 Å². The summed E-state index contributed by atoms with van der Waals surface area (Å²) < 4.78 is 1.17. The highest BCUT2D eigenvalue weighted by atomic mass is 35.5. The molecule has 0 fully saturated rings. The third-order valence-electron chi connectivity index (χ3n) is 2.33. The zero-order chi connectivity index (χ0) is 13.3. The van der Waals surface area contributed by atoms with E-state index in [1.165, 1.54) is 15.9 Å². The predicted molar refractivity (Wildman–Crippen MR) is 72.4 cm³/mol. The summed E-state index contributed by atoms with van der Waals surface area (Å²) in [4.78, 5) is 12.0. The molecule has 1 aromatic carbocycles. The van der Waals surface area contributed by atoms with E-state index in [1.54, 1.807) is 31.3 Å². The summed E-state index contributed by atoms with van der Waals surface area (Å²) >= 11 is 11.8. The second-order valence-electron chi connectivity index (χ2n) is 3.65. The predicted octanol–water partition coefficient (Wildman–Crippen LogP) is 1.85. The quantitative estimate of drug-likeness (QED) is 0.675. The van der Waals surface area contributed by atoms with E-state index in [-0.39, 0.29) is 5.02 Å². The molecule has 2 rings (SSSR count). The first kappa shape index (κ1) is 12.9. The Labute approximate surface area is 113 Å². The molecular formula is C11H10Cl2N4O.